The third-order valence-electron chi connectivity index (χ3n) is 2.79. The van der Waals surface area contributed by atoms with Gasteiger partial charge in [0.15, 0.2) is 0 Å². The fraction of sp³-hybridized carbons (Fsp3) is 0.417. The lowest BCUT2D eigenvalue weighted by molar-refractivity contribution is -0.117. The van der Waals surface area contributed by atoms with Crippen LogP contribution in [-0.4, -0.2) is 25.5 Å². The minimum Gasteiger partial charge on any atom is -0.383 e. The lowest BCUT2D eigenvalue weighted by Crippen LogP contribution is -2.36. The predicted molar refractivity (Wildman–Crippen MR) is 65.7 cm³/mol. The Hall–Kier alpha value is -1.55. The zero-order valence-corrected chi connectivity index (χ0v) is 9.49. The number of amides is 1. The van der Waals surface area contributed by atoms with Crippen molar-refractivity contribution >= 4 is 17.3 Å². The van der Waals surface area contributed by atoms with Crippen LogP contribution in [0.3, 0.4) is 0 Å². The first kappa shape index (κ1) is 11.0. The van der Waals surface area contributed by atoms with Crippen molar-refractivity contribution in [3.8, 4) is 0 Å². The number of carbonyl (C=O) groups excluding carboxylic acids is 1. The number of nitrogens with zero attached hydrogens (tertiary/aromatic N) is 1. The molecule has 1 aromatic rings. The number of nitrogens with two attached hydrogens (primary N) is 1. The normalized spacial score (nSPS) is 15.0. The van der Waals surface area contributed by atoms with Crippen LogP contribution < -0.4 is 16.0 Å². The lowest BCUT2D eigenvalue weighted by atomic mass is 10.1. The van der Waals surface area contributed by atoms with E-state index < -0.39 is 0 Å². The molecule has 16 heavy (non-hydrogen) atoms. The number of carbonyl (C=O) groups is 1. The van der Waals surface area contributed by atoms with E-state index in [-0.39, 0.29) is 12.5 Å². The zero-order chi connectivity index (χ0) is 11.5. The Balaban J connectivity index is 2.40. The maximum atomic E-state index is 11.7. The standard InChI is InChI=1S/C12H17N3O/c1-9-3-4-11-10(7-9)14-5-2-6-15(11)12(16)8-13/h3-4,7,14H,2,5-6,8,13H2,1H3. The molecule has 0 spiro atoms. The van der Waals surface area contributed by atoms with Crippen molar-refractivity contribution in [2.24, 2.45) is 5.73 Å². The van der Waals surface area contributed by atoms with Crippen LogP contribution in [0.2, 0.25) is 0 Å². The number of aryl methyl sites for hydroxylation is 1. The molecule has 4 nitrogen and oxygen atoms in total. The molecular weight excluding hydrogens is 202 g/mol. The van der Waals surface area contributed by atoms with E-state index >= 15 is 0 Å². The van der Waals surface area contributed by atoms with Crippen molar-refractivity contribution in [1.82, 2.24) is 0 Å². The van der Waals surface area contributed by atoms with E-state index in [1.165, 1.54) is 5.56 Å². The van der Waals surface area contributed by atoms with Crippen LogP contribution >= 0.6 is 0 Å². The molecule has 0 bridgehead atoms. The number of fused-ring (bicyclic) bond motifs is 1. The van der Waals surface area contributed by atoms with Crippen molar-refractivity contribution in [2.75, 3.05) is 29.9 Å². The number of nitrogens with one attached hydrogen (secondary N) is 1. The summed E-state index contributed by atoms with van der Waals surface area (Å²) >= 11 is 0. The summed E-state index contributed by atoms with van der Waals surface area (Å²) in [4.78, 5) is 13.5. The maximum Gasteiger partial charge on any atom is 0.240 e. The molecule has 0 atom stereocenters. The van der Waals surface area contributed by atoms with Crippen LogP contribution in [0.15, 0.2) is 18.2 Å². The summed E-state index contributed by atoms with van der Waals surface area (Å²) in [7, 11) is 0. The smallest absolute Gasteiger partial charge is 0.240 e. The number of anilines is 2. The summed E-state index contributed by atoms with van der Waals surface area (Å²) < 4.78 is 0. The van der Waals surface area contributed by atoms with Gasteiger partial charge in [-0.1, -0.05) is 6.07 Å². The van der Waals surface area contributed by atoms with E-state index in [0.29, 0.717) is 0 Å². The topological polar surface area (TPSA) is 58.4 Å². The molecule has 1 aromatic carbocycles. The summed E-state index contributed by atoms with van der Waals surface area (Å²) in [5, 5.41) is 3.34. The van der Waals surface area contributed by atoms with Crippen molar-refractivity contribution < 1.29 is 4.79 Å². The monoisotopic (exact) mass is 219 g/mol. The van der Waals surface area contributed by atoms with Gasteiger partial charge in [0.25, 0.3) is 0 Å². The van der Waals surface area contributed by atoms with Crippen LogP contribution in [-0.2, 0) is 4.79 Å². The molecule has 1 aliphatic heterocycles. The first-order chi connectivity index (χ1) is 7.72. The quantitative estimate of drug-likeness (QED) is 0.743. The van der Waals surface area contributed by atoms with Crippen LogP contribution in [0, 0.1) is 6.92 Å². The van der Waals surface area contributed by atoms with Gasteiger partial charge in [0.05, 0.1) is 17.9 Å². The van der Waals surface area contributed by atoms with E-state index in [1.54, 1.807) is 4.90 Å². The van der Waals surface area contributed by atoms with Gasteiger partial charge in [0.1, 0.15) is 0 Å². The van der Waals surface area contributed by atoms with Gasteiger partial charge >= 0.3 is 0 Å². The molecule has 0 saturated carbocycles. The van der Waals surface area contributed by atoms with Gasteiger partial charge < -0.3 is 16.0 Å². The highest BCUT2D eigenvalue weighted by atomic mass is 16.2. The molecule has 0 saturated heterocycles. The Morgan fingerprint density at radius 2 is 2.38 bits per heavy atom. The molecule has 0 aromatic heterocycles. The average Bonchev–Trinajstić information content (AvgIpc) is 2.49. The first-order valence-electron chi connectivity index (χ1n) is 5.57. The Morgan fingerprint density at radius 1 is 1.56 bits per heavy atom. The second-order valence-electron chi connectivity index (χ2n) is 4.05. The lowest BCUT2D eigenvalue weighted by Gasteiger charge is -2.21. The number of benzene rings is 1. The minimum atomic E-state index is -0.0196. The molecule has 0 aliphatic carbocycles. The third-order valence-corrected chi connectivity index (χ3v) is 2.79. The second-order valence-corrected chi connectivity index (χ2v) is 4.05. The molecule has 0 unspecified atom stereocenters. The van der Waals surface area contributed by atoms with Crippen molar-refractivity contribution in [3.05, 3.63) is 23.8 Å². The summed E-state index contributed by atoms with van der Waals surface area (Å²) in [5.74, 6) is -0.0196. The summed E-state index contributed by atoms with van der Waals surface area (Å²) in [6, 6.07) is 6.07. The van der Waals surface area contributed by atoms with E-state index in [1.807, 2.05) is 19.1 Å². The second kappa shape index (κ2) is 4.53. The van der Waals surface area contributed by atoms with Crippen molar-refractivity contribution in [1.29, 1.82) is 0 Å². The first-order valence-corrected chi connectivity index (χ1v) is 5.57. The summed E-state index contributed by atoms with van der Waals surface area (Å²) in [6.45, 7) is 3.74. The van der Waals surface area contributed by atoms with Crippen LogP contribution in [0.25, 0.3) is 0 Å². The van der Waals surface area contributed by atoms with E-state index in [2.05, 4.69) is 11.4 Å². The minimum absolute atomic E-state index is 0.0196. The third kappa shape index (κ3) is 2.02. The molecule has 1 amide bonds. The SMILES string of the molecule is Cc1ccc2c(c1)NCCCN2C(=O)CN. The van der Waals surface area contributed by atoms with Gasteiger partial charge in [-0.3, -0.25) is 4.79 Å². The number of rotatable bonds is 1. The van der Waals surface area contributed by atoms with E-state index in [0.717, 1.165) is 30.9 Å². The fourth-order valence-corrected chi connectivity index (χ4v) is 1.98. The van der Waals surface area contributed by atoms with Crippen LogP contribution in [0.4, 0.5) is 11.4 Å². The van der Waals surface area contributed by atoms with Crippen LogP contribution in [0.1, 0.15) is 12.0 Å². The highest BCUT2D eigenvalue weighted by Crippen LogP contribution is 2.29. The van der Waals surface area contributed by atoms with Gasteiger partial charge in [-0.15, -0.1) is 0 Å². The maximum absolute atomic E-state index is 11.7. The Kier molecular flexibility index (Phi) is 3.10. The molecule has 1 aliphatic rings. The molecule has 1 heterocycles. The molecular formula is C12H17N3O. The van der Waals surface area contributed by atoms with Crippen LogP contribution in [0.5, 0.6) is 0 Å². The molecule has 3 N–H and O–H groups in total. The number of hydrogen-bond acceptors (Lipinski definition) is 3. The molecule has 86 valence electrons. The van der Waals surface area contributed by atoms with Gasteiger partial charge in [-0.25, -0.2) is 0 Å². The Labute approximate surface area is 95.4 Å². The van der Waals surface area contributed by atoms with Crippen molar-refractivity contribution in [2.45, 2.75) is 13.3 Å². The van der Waals surface area contributed by atoms with Gasteiger partial charge in [-0.2, -0.15) is 0 Å². The van der Waals surface area contributed by atoms with Gasteiger partial charge in [0, 0.05) is 13.1 Å². The zero-order valence-electron chi connectivity index (χ0n) is 9.49. The largest absolute Gasteiger partial charge is 0.383 e. The Morgan fingerprint density at radius 3 is 3.12 bits per heavy atom. The predicted octanol–water partition coefficient (Wildman–Crippen LogP) is 1.10. The highest BCUT2D eigenvalue weighted by molar-refractivity contribution is 5.98. The Bertz CT molecular complexity index is 403. The van der Waals surface area contributed by atoms with Crippen molar-refractivity contribution in [3.63, 3.8) is 0 Å². The molecule has 4 heteroatoms. The van der Waals surface area contributed by atoms with E-state index in [9.17, 15) is 4.79 Å². The van der Waals surface area contributed by atoms with Gasteiger partial charge in [0.2, 0.25) is 5.91 Å². The van der Waals surface area contributed by atoms with Gasteiger partial charge in [-0.05, 0) is 31.0 Å². The summed E-state index contributed by atoms with van der Waals surface area (Å²) in [6.07, 6.45) is 0.944. The highest BCUT2D eigenvalue weighted by Gasteiger charge is 2.19. The summed E-state index contributed by atoms with van der Waals surface area (Å²) in [5.41, 5.74) is 8.59. The average molecular weight is 219 g/mol. The molecule has 0 radical (unpaired) electrons. The molecule has 2 rings (SSSR count). The molecule has 0 fully saturated rings. The number of hydrogen-bond donors (Lipinski definition) is 2. The van der Waals surface area contributed by atoms with E-state index in [4.69, 9.17) is 5.73 Å². The fourth-order valence-electron chi connectivity index (χ4n) is 1.98.